The number of ether oxygens (including phenoxy) is 5. The van der Waals surface area contributed by atoms with Crippen LogP contribution in [-0.4, -0.2) is 37.1 Å². The maximum atomic E-state index is 12.4. The van der Waals surface area contributed by atoms with Crippen LogP contribution in [0, 0.1) is 0 Å². The van der Waals surface area contributed by atoms with Crippen LogP contribution in [0.3, 0.4) is 0 Å². The highest BCUT2D eigenvalue weighted by Gasteiger charge is 2.11. The first-order valence-electron chi connectivity index (χ1n) is 13.3. The SMILES string of the molecule is C=CC(=O)OCCCOc1ccc(C(=O)O/C(C)=C/C=C(\C)OC(=O)c2ccc(OC(=O)CCC)cc2)cc1.CC. The first-order valence-corrected chi connectivity index (χ1v) is 13.3. The van der Waals surface area contributed by atoms with Crippen LogP contribution in [0.1, 0.15) is 74.6 Å². The minimum atomic E-state index is -0.585. The van der Waals surface area contributed by atoms with E-state index < -0.39 is 17.9 Å². The van der Waals surface area contributed by atoms with Crippen LogP contribution in [0.25, 0.3) is 0 Å². The Hall–Kier alpha value is -4.66. The number of hydrogen-bond acceptors (Lipinski definition) is 9. The van der Waals surface area contributed by atoms with Crippen LogP contribution in [0.2, 0.25) is 0 Å². The van der Waals surface area contributed by atoms with Gasteiger partial charge in [-0.05, 0) is 81.0 Å². The van der Waals surface area contributed by atoms with E-state index in [1.54, 1.807) is 38.1 Å². The van der Waals surface area contributed by atoms with Gasteiger partial charge in [0.25, 0.3) is 0 Å². The van der Waals surface area contributed by atoms with Crippen molar-refractivity contribution in [2.24, 2.45) is 0 Å². The molecule has 0 N–H and O–H groups in total. The summed E-state index contributed by atoms with van der Waals surface area (Å²) in [6, 6.07) is 12.5. The molecule has 0 spiro atoms. The van der Waals surface area contributed by atoms with Crippen LogP contribution in [0.4, 0.5) is 0 Å². The number of rotatable bonds is 14. The van der Waals surface area contributed by atoms with E-state index in [2.05, 4.69) is 6.58 Å². The Bertz CT molecular complexity index is 1210. The molecule has 0 aliphatic carbocycles. The van der Waals surface area contributed by atoms with Gasteiger partial charge in [0.05, 0.1) is 24.3 Å². The molecule has 0 aromatic heterocycles. The van der Waals surface area contributed by atoms with Gasteiger partial charge in [-0.3, -0.25) is 4.79 Å². The summed E-state index contributed by atoms with van der Waals surface area (Å²) in [5.74, 6) is -0.475. The average molecular weight is 567 g/mol. The second-order valence-electron chi connectivity index (χ2n) is 8.18. The predicted molar refractivity (Wildman–Crippen MR) is 154 cm³/mol. The molecule has 0 heterocycles. The molecule has 0 saturated carbocycles. The van der Waals surface area contributed by atoms with Gasteiger partial charge >= 0.3 is 23.9 Å². The lowest BCUT2D eigenvalue weighted by atomic mass is 10.2. The van der Waals surface area contributed by atoms with Crippen LogP contribution in [0.5, 0.6) is 11.5 Å². The van der Waals surface area contributed by atoms with Crippen molar-refractivity contribution in [3.63, 3.8) is 0 Å². The van der Waals surface area contributed by atoms with Crippen molar-refractivity contribution in [3.05, 3.63) is 96.0 Å². The predicted octanol–water partition coefficient (Wildman–Crippen LogP) is 6.74. The molecule has 9 nitrogen and oxygen atoms in total. The number of benzene rings is 2. The van der Waals surface area contributed by atoms with Crippen LogP contribution >= 0.6 is 0 Å². The van der Waals surface area contributed by atoms with Crippen molar-refractivity contribution < 1.29 is 42.9 Å². The highest BCUT2D eigenvalue weighted by atomic mass is 16.5. The zero-order chi connectivity index (χ0) is 30.6. The van der Waals surface area contributed by atoms with Gasteiger partial charge < -0.3 is 23.7 Å². The lowest BCUT2D eigenvalue weighted by molar-refractivity contribution is -0.138. The monoisotopic (exact) mass is 566 g/mol. The minimum Gasteiger partial charge on any atom is -0.493 e. The third-order valence-electron chi connectivity index (χ3n) is 4.89. The molecule has 0 unspecified atom stereocenters. The third-order valence-corrected chi connectivity index (χ3v) is 4.89. The summed E-state index contributed by atoms with van der Waals surface area (Å²) in [4.78, 5) is 47.3. The largest absolute Gasteiger partial charge is 0.493 e. The molecule has 9 heteroatoms. The molecule has 0 saturated heterocycles. The summed E-state index contributed by atoms with van der Waals surface area (Å²) in [6.07, 6.45) is 5.62. The van der Waals surface area contributed by atoms with Crippen LogP contribution in [0.15, 0.2) is 84.9 Å². The van der Waals surface area contributed by atoms with E-state index >= 15 is 0 Å². The fourth-order valence-corrected chi connectivity index (χ4v) is 2.93. The molecule has 0 bridgehead atoms. The van der Waals surface area contributed by atoms with Crippen molar-refractivity contribution in [1.82, 2.24) is 0 Å². The van der Waals surface area contributed by atoms with Gasteiger partial charge in [0.2, 0.25) is 0 Å². The maximum Gasteiger partial charge on any atom is 0.343 e. The molecule has 0 amide bonds. The van der Waals surface area contributed by atoms with Crippen molar-refractivity contribution >= 4 is 23.9 Å². The Morgan fingerprint density at radius 2 is 1.24 bits per heavy atom. The van der Waals surface area contributed by atoms with Gasteiger partial charge in [0, 0.05) is 18.9 Å². The molecule has 0 fully saturated rings. The Morgan fingerprint density at radius 1 is 0.756 bits per heavy atom. The Morgan fingerprint density at radius 3 is 1.71 bits per heavy atom. The Balaban J connectivity index is 0.00000411. The fraction of sp³-hybridized carbons (Fsp3) is 0.312. The normalized spacial score (nSPS) is 10.9. The summed E-state index contributed by atoms with van der Waals surface area (Å²) in [5.41, 5.74) is 0.611. The number of allylic oxidation sites excluding steroid dienone is 4. The van der Waals surface area contributed by atoms with Gasteiger partial charge in [-0.1, -0.05) is 27.4 Å². The number of carbonyl (C=O) groups is 4. The quantitative estimate of drug-likeness (QED) is 0.0466. The molecule has 2 aromatic carbocycles. The van der Waals surface area contributed by atoms with E-state index in [-0.39, 0.29) is 23.9 Å². The highest BCUT2D eigenvalue weighted by Crippen LogP contribution is 2.16. The Kier molecular flexibility index (Phi) is 16.3. The molecule has 2 rings (SSSR count). The van der Waals surface area contributed by atoms with E-state index in [1.807, 2.05) is 20.8 Å². The zero-order valence-corrected chi connectivity index (χ0v) is 24.3. The lowest BCUT2D eigenvalue weighted by Crippen LogP contribution is -2.07. The second-order valence-corrected chi connectivity index (χ2v) is 8.18. The van der Waals surface area contributed by atoms with Crippen LogP contribution in [-0.2, 0) is 23.8 Å². The number of esters is 4. The molecule has 0 aliphatic heterocycles. The molecular weight excluding hydrogens is 528 g/mol. The van der Waals surface area contributed by atoms with Crippen molar-refractivity contribution in [3.8, 4) is 11.5 Å². The van der Waals surface area contributed by atoms with Crippen molar-refractivity contribution in [2.75, 3.05) is 13.2 Å². The minimum absolute atomic E-state index is 0.221. The summed E-state index contributed by atoms with van der Waals surface area (Å²) < 4.78 is 26.2. The summed E-state index contributed by atoms with van der Waals surface area (Å²) >= 11 is 0. The molecule has 0 radical (unpaired) electrons. The second kappa shape index (κ2) is 19.4. The van der Waals surface area contributed by atoms with E-state index in [0.29, 0.717) is 48.7 Å². The van der Waals surface area contributed by atoms with E-state index in [9.17, 15) is 19.2 Å². The molecule has 0 atom stereocenters. The van der Waals surface area contributed by atoms with E-state index in [1.165, 1.54) is 36.4 Å². The standard InChI is InChI=1S/C30H32O9.C2H6/c1-5-8-28(32)39-26-17-13-24(14-18-26)30(34)38-22(4)10-9-21(3)37-29(33)23-11-15-25(16-12-23)35-19-7-20-36-27(31)6-2;1-2/h6,9-18H,2,5,7-8,19-20H2,1,3-4H3;1-2H3/b21-9+,22-10+;. The molecule has 220 valence electrons. The van der Waals surface area contributed by atoms with E-state index in [4.69, 9.17) is 23.7 Å². The fourth-order valence-electron chi connectivity index (χ4n) is 2.93. The average Bonchev–Trinajstić information content (AvgIpc) is 2.97. The maximum absolute atomic E-state index is 12.4. The van der Waals surface area contributed by atoms with E-state index in [0.717, 1.165) is 6.08 Å². The summed E-state index contributed by atoms with van der Waals surface area (Å²) in [6.45, 7) is 12.9. The summed E-state index contributed by atoms with van der Waals surface area (Å²) in [5, 5.41) is 0. The van der Waals surface area contributed by atoms with Gasteiger partial charge in [0.15, 0.2) is 0 Å². The molecular formula is C32H38O9. The summed E-state index contributed by atoms with van der Waals surface area (Å²) in [7, 11) is 0. The topological polar surface area (TPSA) is 114 Å². The molecule has 2 aromatic rings. The highest BCUT2D eigenvalue weighted by molar-refractivity contribution is 5.91. The van der Waals surface area contributed by atoms with Crippen molar-refractivity contribution in [1.29, 1.82) is 0 Å². The molecule has 41 heavy (non-hydrogen) atoms. The van der Waals surface area contributed by atoms with Gasteiger partial charge in [-0.25, -0.2) is 14.4 Å². The smallest absolute Gasteiger partial charge is 0.343 e. The van der Waals surface area contributed by atoms with Crippen LogP contribution < -0.4 is 9.47 Å². The van der Waals surface area contributed by atoms with Crippen molar-refractivity contribution in [2.45, 2.75) is 53.9 Å². The Labute approximate surface area is 241 Å². The van der Waals surface area contributed by atoms with Gasteiger partial charge in [-0.15, -0.1) is 0 Å². The lowest BCUT2D eigenvalue weighted by Gasteiger charge is -2.08. The third kappa shape index (κ3) is 13.8. The number of carbonyl (C=O) groups excluding carboxylic acids is 4. The first kappa shape index (κ1) is 34.4. The zero-order valence-electron chi connectivity index (χ0n) is 24.3. The first-order chi connectivity index (χ1) is 19.7. The number of hydrogen-bond donors (Lipinski definition) is 0. The van der Waals surface area contributed by atoms with Gasteiger partial charge in [-0.2, -0.15) is 0 Å². The van der Waals surface area contributed by atoms with Gasteiger partial charge in [0.1, 0.15) is 23.0 Å². The molecule has 0 aliphatic rings.